The van der Waals surface area contributed by atoms with Crippen LogP contribution in [-0.4, -0.2) is 70.4 Å². The van der Waals surface area contributed by atoms with Gasteiger partial charge >= 0.3 is 12.1 Å². The standard InChI is InChI=1S/C20H26Cl2N6O3S/c21-12-3-4-14-13(8-12)20(11-28(14)19(31)26-17-25-9-15(22)32-17)5-7-27(10-20)18(30)24-6-1-2-16(23)29/h3,8-9,14,16,29H,1-2,4-7,10-11,23H2,(H,24,30)(H,25,26,31). The van der Waals surface area contributed by atoms with Crippen LogP contribution in [0.15, 0.2) is 29.0 Å². The third-order valence-electron chi connectivity index (χ3n) is 6.20. The molecule has 1 spiro atoms. The number of anilines is 1. The zero-order valence-electron chi connectivity index (χ0n) is 17.4. The predicted molar refractivity (Wildman–Crippen MR) is 125 cm³/mol. The highest BCUT2D eigenvalue weighted by molar-refractivity contribution is 7.19. The number of urea groups is 2. The summed E-state index contributed by atoms with van der Waals surface area (Å²) >= 11 is 13.5. The molecule has 0 saturated carbocycles. The molecule has 4 rings (SSSR count). The monoisotopic (exact) mass is 500 g/mol. The summed E-state index contributed by atoms with van der Waals surface area (Å²) in [7, 11) is 0. The van der Waals surface area contributed by atoms with Gasteiger partial charge in [-0.15, -0.1) is 0 Å². The van der Waals surface area contributed by atoms with Crippen LogP contribution in [0.1, 0.15) is 25.7 Å². The number of thiazole rings is 1. The molecule has 3 aliphatic rings. The average Bonchev–Trinajstić information content (AvgIpc) is 3.44. The van der Waals surface area contributed by atoms with E-state index in [1.165, 1.54) is 17.5 Å². The van der Waals surface area contributed by atoms with Gasteiger partial charge in [0.25, 0.3) is 0 Å². The quantitative estimate of drug-likeness (QED) is 0.365. The highest BCUT2D eigenvalue weighted by Gasteiger charge is 2.54. The first-order valence-corrected chi connectivity index (χ1v) is 12.1. The summed E-state index contributed by atoms with van der Waals surface area (Å²) in [5, 5.41) is 16.0. The van der Waals surface area contributed by atoms with Gasteiger partial charge in [-0.2, -0.15) is 0 Å². The Morgan fingerprint density at radius 1 is 1.38 bits per heavy atom. The van der Waals surface area contributed by atoms with Crippen molar-refractivity contribution in [1.82, 2.24) is 20.1 Å². The fourth-order valence-corrected chi connectivity index (χ4v) is 5.71. The Kier molecular flexibility index (Phi) is 6.97. The van der Waals surface area contributed by atoms with Crippen molar-refractivity contribution in [3.05, 3.63) is 33.3 Å². The van der Waals surface area contributed by atoms with E-state index < -0.39 is 6.23 Å². The van der Waals surface area contributed by atoms with Gasteiger partial charge in [0.2, 0.25) is 0 Å². The van der Waals surface area contributed by atoms with Gasteiger partial charge in [0.15, 0.2) is 5.13 Å². The molecule has 1 aliphatic carbocycles. The molecule has 2 saturated heterocycles. The minimum atomic E-state index is -0.869. The number of carbonyl (C=O) groups is 2. The number of allylic oxidation sites excluding steroid dienone is 2. The third-order valence-corrected chi connectivity index (χ3v) is 7.49. The highest BCUT2D eigenvalue weighted by atomic mass is 35.5. The fourth-order valence-electron chi connectivity index (χ4n) is 4.70. The maximum atomic E-state index is 13.1. The molecule has 2 fully saturated rings. The number of hydrogen-bond donors (Lipinski definition) is 4. The Labute approximate surface area is 200 Å². The number of hydrogen-bond acceptors (Lipinski definition) is 6. The number of nitrogens with two attached hydrogens (primary N) is 1. The van der Waals surface area contributed by atoms with Crippen molar-refractivity contribution >= 4 is 51.7 Å². The van der Waals surface area contributed by atoms with Crippen molar-refractivity contribution in [2.24, 2.45) is 11.1 Å². The molecule has 174 valence electrons. The van der Waals surface area contributed by atoms with Crippen molar-refractivity contribution in [3.63, 3.8) is 0 Å². The molecule has 0 radical (unpaired) electrons. The SMILES string of the molecule is NC(O)CCCNC(=O)N1CCC2(C1)CN(C(=O)Nc1ncc(Cl)s1)C1CC=C(Cl)C=C12. The van der Waals surface area contributed by atoms with Gasteiger partial charge in [-0.25, -0.2) is 14.6 Å². The third kappa shape index (κ3) is 4.89. The molecule has 0 aromatic carbocycles. The Balaban J connectivity index is 1.45. The van der Waals surface area contributed by atoms with Crippen LogP contribution in [0.3, 0.4) is 0 Å². The van der Waals surface area contributed by atoms with E-state index in [9.17, 15) is 9.59 Å². The Morgan fingerprint density at radius 3 is 2.91 bits per heavy atom. The number of rotatable bonds is 5. The summed E-state index contributed by atoms with van der Waals surface area (Å²) in [6.07, 6.45) is 6.92. The molecule has 5 N–H and O–H groups in total. The summed E-state index contributed by atoms with van der Waals surface area (Å²) in [5.41, 5.74) is 6.10. The lowest BCUT2D eigenvalue weighted by atomic mass is 9.77. The molecule has 32 heavy (non-hydrogen) atoms. The van der Waals surface area contributed by atoms with Gasteiger partial charge in [0.05, 0.1) is 12.2 Å². The van der Waals surface area contributed by atoms with Crippen molar-refractivity contribution in [2.45, 2.75) is 38.0 Å². The second kappa shape index (κ2) is 9.56. The lowest BCUT2D eigenvalue weighted by molar-refractivity contribution is 0.167. The molecule has 0 bridgehead atoms. The first-order chi connectivity index (χ1) is 15.3. The maximum Gasteiger partial charge on any atom is 0.324 e. The second-order valence-electron chi connectivity index (χ2n) is 8.36. The van der Waals surface area contributed by atoms with E-state index in [1.807, 2.05) is 17.1 Å². The first kappa shape index (κ1) is 23.3. The van der Waals surface area contributed by atoms with Gasteiger partial charge in [-0.05, 0) is 37.3 Å². The van der Waals surface area contributed by atoms with E-state index in [2.05, 4.69) is 15.6 Å². The number of aromatic nitrogens is 1. The van der Waals surface area contributed by atoms with Crippen molar-refractivity contribution in [3.8, 4) is 0 Å². The summed E-state index contributed by atoms with van der Waals surface area (Å²) < 4.78 is 0.504. The molecule has 9 nitrogen and oxygen atoms in total. The molecule has 3 atom stereocenters. The Bertz CT molecular complexity index is 952. The summed E-state index contributed by atoms with van der Waals surface area (Å²) in [6, 6.07) is -0.497. The van der Waals surface area contributed by atoms with Crippen molar-refractivity contribution in [2.75, 3.05) is 31.5 Å². The first-order valence-electron chi connectivity index (χ1n) is 10.5. The van der Waals surface area contributed by atoms with E-state index in [-0.39, 0.29) is 23.5 Å². The number of nitrogens with zero attached hydrogens (tertiary/aromatic N) is 3. The van der Waals surface area contributed by atoms with Crippen LogP contribution in [0.4, 0.5) is 14.7 Å². The molecular formula is C20H26Cl2N6O3S. The zero-order chi connectivity index (χ0) is 22.9. The maximum absolute atomic E-state index is 13.1. The normalized spacial score (nSPS) is 25.4. The lowest BCUT2D eigenvalue weighted by Crippen LogP contribution is -2.42. The molecule has 3 heterocycles. The van der Waals surface area contributed by atoms with Crippen LogP contribution in [-0.2, 0) is 0 Å². The highest BCUT2D eigenvalue weighted by Crippen LogP contribution is 2.50. The smallest absolute Gasteiger partial charge is 0.324 e. The minimum absolute atomic E-state index is 0.109. The summed E-state index contributed by atoms with van der Waals surface area (Å²) in [6.45, 7) is 2.04. The van der Waals surface area contributed by atoms with Gasteiger partial charge in [-0.3, -0.25) is 5.32 Å². The second-order valence-corrected chi connectivity index (χ2v) is 10.5. The molecule has 12 heteroatoms. The molecule has 2 aliphatic heterocycles. The molecule has 1 aromatic rings. The van der Waals surface area contributed by atoms with E-state index in [4.69, 9.17) is 34.0 Å². The van der Waals surface area contributed by atoms with E-state index >= 15 is 0 Å². The van der Waals surface area contributed by atoms with Crippen LogP contribution < -0.4 is 16.4 Å². The number of aliphatic hydroxyl groups is 1. The largest absolute Gasteiger partial charge is 0.379 e. The van der Waals surface area contributed by atoms with Gasteiger partial charge in [0, 0.05) is 36.6 Å². The number of nitrogens with one attached hydrogen (secondary N) is 2. The van der Waals surface area contributed by atoms with Crippen molar-refractivity contribution < 1.29 is 14.7 Å². The molecular weight excluding hydrogens is 475 g/mol. The predicted octanol–water partition coefficient (Wildman–Crippen LogP) is 2.92. The number of aliphatic hydroxyl groups excluding tert-OH is 1. The number of fused-ring (bicyclic) bond motifs is 2. The number of likely N-dealkylation sites (tertiary alicyclic amines) is 2. The molecule has 3 unspecified atom stereocenters. The Morgan fingerprint density at radius 2 is 2.19 bits per heavy atom. The van der Waals surface area contributed by atoms with E-state index in [1.54, 1.807) is 4.90 Å². The lowest BCUT2D eigenvalue weighted by Gasteiger charge is -2.27. The van der Waals surface area contributed by atoms with Gasteiger partial charge in [0.1, 0.15) is 10.6 Å². The zero-order valence-corrected chi connectivity index (χ0v) is 19.7. The van der Waals surface area contributed by atoms with Crippen LogP contribution in [0.2, 0.25) is 4.34 Å². The number of amides is 4. The van der Waals surface area contributed by atoms with Crippen LogP contribution in [0, 0.1) is 5.41 Å². The summed E-state index contributed by atoms with van der Waals surface area (Å²) in [5.74, 6) is 0. The number of halogens is 2. The fraction of sp³-hybridized carbons (Fsp3) is 0.550. The van der Waals surface area contributed by atoms with E-state index in [0.29, 0.717) is 59.9 Å². The van der Waals surface area contributed by atoms with Crippen LogP contribution >= 0.6 is 34.5 Å². The van der Waals surface area contributed by atoms with Crippen molar-refractivity contribution in [1.29, 1.82) is 0 Å². The number of carbonyl (C=O) groups excluding carboxylic acids is 2. The summed E-state index contributed by atoms with van der Waals surface area (Å²) in [4.78, 5) is 33.4. The van der Waals surface area contributed by atoms with Crippen LogP contribution in [0.25, 0.3) is 0 Å². The van der Waals surface area contributed by atoms with Crippen LogP contribution in [0.5, 0.6) is 0 Å². The topological polar surface area (TPSA) is 124 Å². The molecule has 4 amide bonds. The average molecular weight is 501 g/mol. The Hall–Kier alpha value is -1.85. The van der Waals surface area contributed by atoms with Gasteiger partial charge in [-0.1, -0.05) is 40.6 Å². The minimum Gasteiger partial charge on any atom is -0.379 e. The van der Waals surface area contributed by atoms with Gasteiger partial charge < -0.3 is 26.0 Å². The molecule has 1 aromatic heterocycles. The van der Waals surface area contributed by atoms with E-state index in [0.717, 1.165) is 12.0 Å².